The number of carboxylic acids is 1. The van der Waals surface area contributed by atoms with Crippen LogP contribution in [0.15, 0.2) is 18.2 Å². The van der Waals surface area contributed by atoms with Gasteiger partial charge in [0.15, 0.2) is 11.5 Å². The number of carbonyl (C=O) groups is 2. The number of carboxylic acid groups (broad SMARTS) is 1. The largest absolute Gasteiger partial charge is 0.490 e. The number of benzene rings is 1. The smallest absolute Gasteiger partial charge is 0.317 e. The van der Waals surface area contributed by atoms with Gasteiger partial charge in [-0.2, -0.15) is 0 Å². The fraction of sp³-hybridized carbons (Fsp3) is 0.600. The maximum Gasteiger partial charge on any atom is 0.317 e. The van der Waals surface area contributed by atoms with E-state index in [-0.39, 0.29) is 18.5 Å². The van der Waals surface area contributed by atoms with E-state index in [2.05, 4.69) is 0 Å². The second-order valence-electron chi connectivity index (χ2n) is 6.51. The van der Waals surface area contributed by atoms with Crippen LogP contribution >= 0.6 is 0 Å². The van der Waals surface area contributed by atoms with Gasteiger partial charge in [0, 0.05) is 24.7 Å². The van der Waals surface area contributed by atoms with Crippen LogP contribution in [0, 0.1) is 0 Å². The molecule has 1 heterocycles. The Kier molecular flexibility index (Phi) is 7.91. The first kappa shape index (κ1) is 21.0. The summed E-state index contributed by atoms with van der Waals surface area (Å²) >= 11 is 0. The van der Waals surface area contributed by atoms with Crippen molar-refractivity contribution in [3.63, 3.8) is 0 Å². The Balaban J connectivity index is 2.02. The van der Waals surface area contributed by atoms with Gasteiger partial charge in [0.1, 0.15) is 0 Å². The maximum absolute atomic E-state index is 12.9. The molecular formula is C20H30N2O5. The van der Waals surface area contributed by atoms with Crippen LogP contribution in [0.3, 0.4) is 0 Å². The lowest BCUT2D eigenvalue weighted by molar-refractivity contribution is -0.139. The second-order valence-corrected chi connectivity index (χ2v) is 6.51. The molecule has 1 saturated heterocycles. The summed E-state index contributed by atoms with van der Waals surface area (Å²) < 4.78 is 11.2. The molecule has 7 heteroatoms. The molecule has 0 bridgehead atoms. The molecule has 1 aliphatic rings. The lowest BCUT2D eigenvalue weighted by Crippen LogP contribution is -2.48. The average Bonchev–Trinajstić information content (AvgIpc) is 2.67. The van der Waals surface area contributed by atoms with Crippen molar-refractivity contribution in [2.24, 2.45) is 0 Å². The minimum Gasteiger partial charge on any atom is -0.490 e. The van der Waals surface area contributed by atoms with E-state index in [4.69, 9.17) is 14.6 Å². The molecule has 1 aromatic rings. The molecule has 27 heavy (non-hydrogen) atoms. The summed E-state index contributed by atoms with van der Waals surface area (Å²) in [4.78, 5) is 27.7. The summed E-state index contributed by atoms with van der Waals surface area (Å²) in [5.41, 5.74) is 0.582. The van der Waals surface area contributed by atoms with Crippen molar-refractivity contribution in [3.05, 3.63) is 23.8 Å². The minimum atomic E-state index is -0.812. The lowest BCUT2D eigenvalue weighted by Gasteiger charge is -2.37. The Morgan fingerprint density at radius 3 is 2.30 bits per heavy atom. The van der Waals surface area contributed by atoms with Gasteiger partial charge in [-0.05, 0) is 51.4 Å². The number of hydrogen-bond acceptors (Lipinski definition) is 5. The van der Waals surface area contributed by atoms with Crippen molar-refractivity contribution < 1.29 is 24.2 Å². The highest BCUT2D eigenvalue weighted by molar-refractivity contribution is 5.95. The third-order valence-corrected chi connectivity index (χ3v) is 4.80. The Bertz CT molecular complexity index is 641. The van der Waals surface area contributed by atoms with Crippen molar-refractivity contribution in [1.82, 2.24) is 9.80 Å². The average molecular weight is 378 g/mol. The predicted molar refractivity (Wildman–Crippen MR) is 103 cm³/mol. The molecule has 0 spiro atoms. The lowest BCUT2D eigenvalue weighted by atomic mass is 10.0. The highest BCUT2D eigenvalue weighted by atomic mass is 16.5. The van der Waals surface area contributed by atoms with E-state index in [9.17, 15) is 9.59 Å². The monoisotopic (exact) mass is 378 g/mol. The molecule has 0 atom stereocenters. The van der Waals surface area contributed by atoms with Crippen molar-refractivity contribution in [2.75, 3.05) is 39.4 Å². The molecule has 1 fully saturated rings. The van der Waals surface area contributed by atoms with Crippen LogP contribution in [0.1, 0.15) is 44.0 Å². The number of aliphatic carboxylic acids is 1. The van der Waals surface area contributed by atoms with Gasteiger partial charge >= 0.3 is 5.97 Å². The molecule has 0 aromatic heterocycles. The van der Waals surface area contributed by atoms with Gasteiger partial charge in [0.25, 0.3) is 5.91 Å². The van der Waals surface area contributed by atoms with Crippen LogP contribution in [0.25, 0.3) is 0 Å². The zero-order chi connectivity index (χ0) is 19.8. The van der Waals surface area contributed by atoms with Crippen molar-refractivity contribution in [3.8, 4) is 11.5 Å². The molecule has 150 valence electrons. The van der Waals surface area contributed by atoms with Crippen molar-refractivity contribution in [2.45, 2.75) is 39.7 Å². The van der Waals surface area contributed by atoms with Crippen LogP contribution < -0.4 is 9.47 Å². The number of carbonyl (C=O) groups excluding carboxylic acids is 1. The van der Waals surface area contributed by atoms with E-state index in [0.29, 0.717) is 49.9 Å². The van der Waals surface area contributed by atoms with Crippen LogP contribution in [-0.4, -0.2) is 72.2 Å². The van der Waals surface area contributed by atoms with Crippen LogP contribution in [0.4, 0.5) is 0 Å². The number of likely N-dealkylation sites (N-methyl/N-ethyl adjacent to an activating group) is 1. The molecule has 1 aliphatic heterocycles. The summed E-state index contributed by atoms with van der Waals surface area (Å²) in [6.45, 7) is 8.79. The first-order chi connectivity index (χ1) is 13.0. The molecule has 1 amide bonds. The van der Waals surface area contributed by atoms with E-state index in [1.165, 1.54) is 0 Å². The Labute approximate surface area is 160 Å². The molecule has 1 N–H and O–H groups in total. The SMILES string of the molecule is CCOc1ccc(C(=O)N2CCC(N(CC)CC(=O)O)CC2)cc1OCC. The van der Waals surface area contributed by atoms with Gasteiger partial charge in [0.2, 0.25) is 0 Å². The fourth-order valence-corrected chi connectivity index (χ4v) is 3.47. The Morgan fingerprint density at radius 2 is 1.74 bits per heavy atom. The van der Waals surface area contributed by atoms with Crippen molar-refractivity contribution >= 4 is 11.9 Å². The summed E-state index contributed by atoms with van der Waals surface area (Å²) in [6, 6.07) is 5.49. The van der Waals surface area contributed by atoms with E-state index in [0.717, 1.165) is 12.8 Å². The molecule has 0 saturated carbocycles. The predicted octanol–water partition coefficient (Wildman–Crippen LogP) is 2.50. The zero-order valence-corrected chi connectivity index (χ0v) is 16.4. The van der Waals surface area contributed by atoms with E-state index >= 15 is 0 Å². The Morgan fingerprint density at radius 1 is 1.11 bits per heavy atom. The molecule has 0 unspecified atom stereocenters. The fourth-order valence-electron chi connectivity index (χ4n) is 3.47. The van der Waals surface area contributed by atoms with Crippen LogP contribution in [-0.2, 0) is 4.79 Å². The number of piperidine rings is 1. The van der Waals surface area contributed by atoms with Gasteiger partial charge < -0.3 is 19.5 Å². The van der Waals surface area contributed by atoms with Gasteiger partial charge in [-0.15, -0.1) is 0 Å². The zero-order valence-electron chi connectivity index (χ0n) is 16.4. The summed E-state index contributed by atoms with van der Waals surface area (Å²) in [5.74, 6) is 0.382. The molecule has 1 aromatic carbocycles. The highest BCUT2D eigenvalue weighted by Crippen LogP contribution is 2.29. The van der Waals surface area contributed by atoms with Crippen LogP contribution in [0.5, 0.6) is 11.5 Å². The van der Waals surface area contributed by atoms with E-state index < -0.39 is 5.97 Å². The normalized spacial score (nSPS) is 15.0. The third-order valence-electron chi connectivity index (χ3n) is 4.80. The minimum absolute atomic E-state index is 0.0289. The number of nitrogens with zero attached hydrogens (tertiary/aromatic N) is 2. The topological polar surface area (TPSA) is 79.3 Å². The quantitative estimate of drug-likeness (QED) is 0.711. The molecule has 0 aliphatic carbocycles. The van der Waals surface area contributed by atoms with Gasteiger partial charge in [-0.25, -0.2) is 0 Å². The van der Waals surface area contributed by atoms with Gasteiger partial charge in [-0.3, -0.25) is 14.5 Å². The third kappa shape index (κ3) is 5.60. The highest BCUT2D eigenvalue weighted by Gasteiger charge is 2.28. The van der Waals surface area contributed by atoms with Gasteiger partial charge in [-0.1, -0.05) is 6.92 Å². The van der Waals surface area contributed by atoms with E-state index in [1.807, 2.05) is 30.6 Å². The number of rotatable bonds is 9. The first-order valence-electron chi connectivity index (χ1n) is 9.64. The van der Waals surface area contributed by atoms with E-state index in [1.54, 1.807) is 18.2 Å². The standard InChI is InChI=1S/C20H30N2O5/c1-4-21(14-19(23)24)16-9-11-22(12-10-16)20(25)15-7-8-17(26-5-2)18(13-15)27-6-3/h7-8,13,16H,4-6,9-12,14H2,1-3H3,(H,23,24). The first-order valence-corrected chi connectivity index (χ1v) is 9.64. The summed E-state index contributed by atoms with van der Waals surface area (Å²) in [5, 5.41) is 9.04. The maximum atomic E-state index is 12.9. The number of hydrogen-bond donors (Lipinski definition) is 1. The molecule has 7 nitrogen and oxygen atoms in total. The molecule has 2 rings (SSSR count). The molecular weight excluding hydrogens is 348 g/mol. The summed E-state index contributed by atoms with van der Waals surface area (Å²) in [6.07, 6.45) is 1.56. The summed E-state index contributed by atoms with van der Waals surface area (Å²) in [7, 11) is 0. The van der Waals surface area contributed by atoms with Crippen LogP contribution in [0.2, 0.25) is 0 Å². The number of amides is 1. The Hall–Kier alpha value is -2.28. The van der Waals surface area contributed by atoms with Gasteiger partial charge in [0.05, 0.1) is 19.8 Å². The molecule has 0 radical (unpaired) electrons. The second kappa shape index (κ2) is 10.2. The van der Waals surface area contributed by atoms with Crippen molar-refractivity contribution in [1.29, 1.82) is 0 Å². The number of likely N-dealkylation sites (tertiary alicyclic amines) is 1. The number of ether oxygens (including phenoxy) is 2.